The van der Waals surface area contributed by atoms with Gasteiger partial charge in [-0.2, -0.15) is 0 Å². The van der Waals surface area contributed by atoms with Crippen molar-refractivity contribution >= 4 is 11.3 Å². The second kappa shape index (κ2) is 5.28. The minimum absolute atomic E-state index is 0.311. The van der Waals surface area contributed by atoms with Crippen molar-refractivity contribution in [1.29, 1.82) is 0 Å². The Balaban J connectivity index is 2.49. The largest absolute Gasteiger partial charge is 0.309 e. The van der Waals surface area contributed by atoms with Crippen LogP contribution in [0.1, 0.15) is 57.3 Å². The molecule has 1 heterocycles. The van der Waals surface area contributed by atoms with Gasteiger partial charge in [0, 0.05) is 29.6 Å². The van der Waals surface area contributed by atoms with Crippen molar-refractivity contribution in [1.82, 2.24) is 10.3 Å². The molecule has 0 aromatic carbocycles. The van der Waals surface area contributed by atoms with Crippen LogP contribution in [-0.4, -0.2) is 11.0 Å². The predicted octanol–water partition coefficient (Wildman–Crippen LogP) is 3.79. The first-order valence-electron chi connectivity index (χ1n) is 5.98. The first-order chi connectivity index (χ1) is 7.30. The van der Waals surface area contributed by atoms with Gasteiger partial charge in [0.1, 0.15) is 0 Å². The molecule has 1 atom stereocenters. The van der Waals surface area contributed by atoms with Gasteiger partial charge >= 0.3 is 0 Å². The molecule has 0 saturated carbocycles. The first-order valence-corrected chi connectivity index (χ1v) is 6.80. The Labute approximate surface area is 103 Å². The molecular weight excluding hydrogens is 216 g/mol. The van der Waals surface area contributed by atoms with E-state index in [9.17, 15) is 0 Å². The van der Waals surface area contributed by atoms with Crippen molar-refractivity contribution in [2.45, 2.75) is 60.0 Å². The Bertz CT molecular complexity index is 323. The third-order valence-corrected chi connectivity index (χ3v) is 4.24. The number of hydrogen-bond donors (Lipinski definition) is 1. The number of nitrogens with one attached hydrogen (secondary N) is 1. The molecule has 0 aliphatic carbocycles. The zero-order valence-corrected chi connectivity index (χ0v) is 12.1. The second-order valence-corrected chi connectivity index (χ2v) is 6.93. The van der Waals surface area contributed by atoms with E-state index < -0.39 is 0 Å². The fourth-order valence-electron chi connectivity index (χ4n) is 1.23. The van der Waals surface area contributed by atoms with Crippen LogP contribution >= 0.6 is 11.3 Å². The third kappa shape index (κ3) is 3.87. The van der Waals surface area contributed by atoms with Gasteiger partial charge in [0.15, 0.2) is 0 Å². The van der Waals surface area contributed by atoms with Crippen molar-refractivity contribution in [2.75, 3.05) is 0 Å². The van der Waals surface area contributed by atoms with E-state index >= 15 is 0 Å². The summed E-state index contributed by atoms with van der Waals surface area (Å²) >= 11 is 1.82. The average Bonchev–Trinajstić information content (AvgIpc) is 2.60. The Morgan fingerprint density at radius 3 is 2.38 bits per heavy atom. The molecule has 0 bridgehead atoms. The molecule has 0 amide bonds. The van der Waals surface area contributed by atoms with Gasteiger partial charge in [0.05, 0.1) is 5.01 Å². The zero-order chi connectivity index (χ0) is 12.3. The monoisotopic (exact) mass is 240 g/mol. The van der Waals surface area contributed by atoms with E-state index in [-0.39, 0.29) is 0 Å². The van der Waals surface area contributed by atoms with E-state index in [4.69, 9.17) is 0 Å². The fourth-order valence-corrected chi connectivity index (χ4v) is 2.10. The highest BCUT2D eigenvalue weighted by molar-refractivity contribution is 7.11. The van der Waals surface area contributed by atoms with E-state index in [2.05, 4.69) is 51.8 Å². The highest BCUT2D eigenvalue weighted by Crippen LogP contribution is 2.22. The normalized spacial score (nSPS) is 14.4. The Morgan fingerprint density at radius 1 is 1.31 bits per heavy atom. The Kier molecular flexibility index (Phi) is 4.51. The number of aromatic nitrogens is 1. The minimum Gasteiger partial charge on any atom is -0.309 e. The van der Waals surface area contributed by atoms with Gasteiger partial charge in [0.25, 0.3) is 0 Å². The number of nitrogens with zero attached hydrogens (tertiary/aromatic N) is 1. The molecule has 1 unspecified atom stereocenters. The van der Waals surface area contributed by atoms with Crippen molar-refractivity contribution in [3.63, 3.8) is 0 Å². The maximum atomic E-state index is 4.43. The van der Waals surface area contributed by atoms with Gasteiger partial charge in [-0.05, 0) is 12.3 Å². The lowest BCUT2D eigenvalue weighted by molar-refractivity contribution is 0.286. The highest BCUT2D eigenvalue weighted by atomic mass is 32.1. The summed E-state index contributed by atoms with van der Waals surface area (Å²) in [5, 5.41) is 4.80. The van der Waals surface area contributed by atoms with Gasteiger partial charge in [-0.3, -0.25) is 0 Å². The van der Waals surface area contributed by atoms with Gasteiger partial charge in [-0.25, -0.2) is 4.98 Å². The summed E-state index contributed by atoms with van der Waals surface area (Å²) in [5.74, 6) is 0.541. The molecule has 0 saturated heterocycles. The summed E-state index contributed by atoms with van der Waals surface area (Å²) in [6, 6.07) is 0.511. The lowest BCUT2D eigenvalue weighted by atomic mass is 9.88. The highest BCUT2D eigenvalue weighted by Gasteiger charge is 2.19. The van der Waals surface area contributed by atoms with Crippen LogP contribution in [0.15, 0.2) is 6.20 Å². The van der Waals surface area contributed by atoms with Crippen LogP contribution in [0.4, 0.5) is 0 Å². The van der Waals surface area contributed by atoms with Crippen LogP contribution < -0.4 is 5.32 Å². The van der Waals surface area contributed by atoms with E-state index in [1.165, 1.54) is 9.88 Å². The molecule has 1 rings (SSSR count). The van der Waals surface area contributed by atoms with E-state index in [0.29, 0.717) is 17.4 Å². The molecule has 0 aliphatic rings. The van der Waals surface area contributed by atoms with Crippen molar-refractivity contribution < 1.29 is 0 Å². The average molecular weight is 240 g/mol. The SMILES string of the molecule is CC(C)c1ncc(CNC(C)C(C)(C)C)s1. The number of rotatable bonds is 4. The topological polar surface area (TPSA) is 24.9 Å². The van der Waals surface area contributed by atoms with Gasteiger partial charge in [-0.15, -0.1) is 11.3 Å². The van der Waals surface area contributed by atoms with Crippen LogP contribution in [0.3, 0.4) is 0 Å². The molecule has 0 aliphatic heterocycles. The summed E-state index contributed by atoms with van der Waals surface area (Å²) in [6.45, 7) is 14.3. The molecule has 0 radical (unpaired) electrons. The van der Waals surface area contributed by atoms with Gasteiger partial charge in [-0.1, -0.05) is 34.6 Å². The van der Waals surface area contributed by atoms with Crippen LogP contribution in [0.5, 0.6) is 0 Å². The minimum atomic E-state index is 0.311. The summed E-state index contributed by atoms with van der Waals surface area (Å²) < 4.78 is 0. The second-order valence-electron chi connectivity index (χ2n) is 5.79. The van der Waals surface area contributed by atoms with Crippen LogP contribution in [0.25, 0.3) is 0 Å². The lowest BCUT2D eigenvalue weighted by Crippen LogP contribution is -2.36. The number of thiazole rings is 1. The molecule has 3 heteroatoms. The van der Waals surface area contributed by atoms with Crippen LogP contribution in [0.2, 0.25) is 0 Å². The van der Waals surface area contributed by atoms with Gasteiger partial charge < -0.3 is 5.32 Å². The molecule has 1 aromatic heterocycles. The smallest absolute Gasteiger partial charge is 0.0953 e. The maximum absolute atomic E-state index is 4.43. The third-order valence-electron chi connectivity index (χ3n) is 2.95. The number of hydrogen-bond acceptors (Lipinski definition) is 3. The van der Waals surface area contributed by atoms with Gasteiger partial charge in [0.2, 0.25) is 0 Å². The molecule has 92 valence electrons. The Hall–Kier alpha value is -0.410. The van der Waals surface area contributed by atoms with E-state index in [0.717, 1.165) is 6.54 Å². The Morgan fingerprint density at radius 2 is 1.94 bits per heavy atom. The van der Waals surface area contributed by atoms with E-state index in [1.807, 2.05) is 17.5 Å². The molecular formula is C13H24N2S. The maximum Gasteiger partial charge on any atom is 0.0953 e. The molecule has 1 aromatic rings. The lowest BCUT2D eigenvalue weighted by Gasteiger charge is -2.27. The molecule has 16 heavy (non-hydrogen) atoms. The van der Waals surface area contributed by atoms with Crippen molar-refractivity contribution in [3.8, 4) is 0 Å². The van der Waals surface area contributed by atoms with Crippen molar-refractivity contribution in [3.05, 3.63) is 16.1 Å². The standard InChI is InChI=1S/C13H24N2S/c1-9(2)12-15-8-11(16-12)7-14-10(3)13(4,5)6/h8-10,14H,7H2,1-6H3. The fraction of sp³-hybridized carbons (Fsp3) is 0.769. The molecule has 0 fully saturated rings. The molecule has 2 nitrogen and oxygen atoms in total. The summed E-state index contributed by atoms with van der Waals surface area (Å²) in [4.78, 5) is 5.77. The molecule has 1 N–H and O–H groups in total. The summed E-state index contributed by atoms with van der Waals surface area (Å²) in [5.41, 5.74) is 0.311. The predicted molar refractivity (Wildman–Crippen MR) is 72.0 cm³/mol. The summed E-state index contributed by atoms with van der Waals surface area (Å²) in [7, 11) is 0. The summed E-state index contributed by atoms with van der Waals surface area (Å²) in [6.07, 6.45) is 2.00. The van der Waals surface area contributed by atoms with E-state index in [1.54, 1.807) is 0 Å². The first kappa shape index (κ1) is 13.7. The zero-order valence-electron chi connectivity index (χ0n) is 11.3. The quantitative estimate of drug-likeness (QED) is 0.866. The molecule has 0 spiro atoms. The van der Waals surface area contributed by atoms with Crippen LogP contribution in [-0.2, 0) is 6.54 Å². The van der Waals surface area contributed by atoms with Crippen molar-refractivity contribution in [2.24, 2.45) is 5.41 Å². The van der Waals surface area contributed by atoms with Crippen LogP contribution in [0, 0.1) is 5.41 Å².